The van der Waals surface area contributed by atoms with Gasteiger partial charge in [0.15, 0.2) is 11.3 Å². The molecule has 2 aromatic heterocycles. The zero-order valence-electron chi connectivity index (χ0n) is 15.0. The number of primary amides is 1. The molecule has 6 nitrogen and oxygen atoms in total. The molecule has 2 aromatic rings. The van der Waals surface area contributed by atoms with Gasteiger partial charge in [-0.1, -0.05) is 20.8 Å². The molecule has 2 N–H and O–H groups in total. The maximum Gasteiger partial charge on any atom is 0.433 e. The summed E-state index contributed by atoms with van der Waals surface area (Å²) in [5.41, 5.74) is 4.90. The molecule has 0 bridgehead atoms. The molecule has 1 aliphatic rings. The van der Waals surface area contributed by atoms with E-state index in [9.17, 15) is 18.0 Å². The van der Waals surface area contributed by atoms with Crippen molar-refractivity contribution in [2.24, 2.45) is 11.7 Å². The molecule has 0 aromatic carbocycles. The van der Waals surface area contributed by atoms with Crippen molar-refractivity contribution < 1.29 is 18.0 Å². The number of halogens is 3. The Morgan fingerprint density at radius 3 is 2.27 bits per heavy atom. The molecule has 0 aliphatic carbocycles. The molecule has 1 amide bonds. The summed E-state index contributed by atoms with van der Waals surface area (Å²) in [5, 5.41) is 4.49. The highest BCUT2D eigenvalue weighted by atomic mass is 19.4. The summed E-state index contributed by atoms with van der Waals surface area (Å²) in [6, 6.07) is 2.62. The minimum absolute atomic E-state index is 0.164. The van der Waals surface area contributed by atoms with Gasteiger partial charge in [-0.3, -0.25) is 4.79 Å². The van der Waals surface area contributed by atoms with Gasteiger partial charge in [0, 0.05) is 36.6 Å². The third-order valence-electron chi connectivity index (χ3n) is 4.69. The molecule has 3 rings (SSSR count). The lowest BCUT2D eigenvalue weighted by molar-refractivity contribution is -0.141. The van der Waals surface area contributed by atoms with Crippen LogP contribution in [0, 0.1) is 5.92 Å². The van der Waals surface area contributed by atoms with Crippen LogP contribution in [0.25, 0.3) is 5.65 Å². The molecule has 9 heteroatoms. The molecule has 0 atom stereocenters. The fourth-order valence-corrected chi connectivity index (χ4v) is 3.09. The van der Waals surface area contributed by atoms with E-state index >= 15 is 0 Å². The Balaban J connectivity index is 2.07. The van der Waals surface area contributed by atoms with Gasteiger partial charge < -0.3 is 10.6 Å². The summed E-state index contributed by atoms with van der Waals surface area (Å²) in [6.45, 7) is 6.70. The second-order valence-electron chi connectivity index (χ2n) is 7.71. The van der Waals surface area contributed by atoms with Crippen molar-refractivity contribution >= 4 is 17.4 Å². The topological polar surface area (TPSA) is 76.5 Å². The average Bonchev–Trinajstić information content (AvgIpc) is 2.97. The van der Waals surface area contributed by atoms with Crippen molar-refractivity contribution in [3.8, 4) is 0 Å². The van der Waals surface area contributed by atoms with Gasteiger partial charge in [-0.2, -0.15) is 22.8 Å². The van der Waals surface area contributed by atoms with Crippen LogP contribution in [-0.4, -0.2) is 33.6 Å². The number of piperidine rings is 1. The van der Waals surface area contributed by atoms with E-state index in [1.807, 2.05) is 25.7 Å². The Morgan fingerprint density at radius 2 is 1.77 bits per heavy atom. The molecular weight excluding hydrogens is 347 g/mol. The van der Waals surface area contributed by atoms with E-state index in [1.54, 1.807) is 6.07 Å². The van der Waals surface area contributed by atoms with Crippen LogP contribution in [0.5, 0.6) is 0 Å². The highest BCUT2D eigenvalue weighted by Gasteiger charge is 2.35. The average molecular weight is 369 g/mol. The zero-order chi connectivity index (χ0) is 19.3. The van der Waals surface area contributed by atoms with Gasteiger partial charge >= 0.3 is 6.18 Å². The zero-order valence-corrected chi connectivity index (χ0v) is 15.0. The fraction of sp³-hybridized carbons (Fsp3) is 0.588. The van der Waals surface area contributed by atoms with Crippen molar-refractivity contribution in [2.75, 3.05) is 18.0 Å². The van der Waals surface area contributed by atoms with Crippen LogP contribution in [-0.2, 0) is 16.4 Å². The second-order valence-corrected chi connectivity index (χ2v) is 7.71. The van der Waals surface area contributed by atoms with Gasteiger partial charge in [0.1, 0.15) is 5.82 Å². The number of hydrogen-bond acceptors (Lipinski definition) is 4. The number of fused-ring (bicyclic) bond motifs is 1. The van der Waals surface area contributed by atoms with Gasteiger partial charge in [0.2, 0.25) is 5.91 Å². The second kappa shape index (κ2) is 6.14. The number of carbonyl (C=O) groups excluding carboxylic acids is 1. The minimum Gasteiger partial charge on any atom is -0.369 e. The molecule has 142 valence electrons. The lowest BCUT2D eigenvalue weighted by Gasteiger charge is -2.32. The van der Waals surface area contributed by atoms with Gasteiger partial charge in [0.25, 0.3) is 0 Å². The Bertz CT molecular complexity index is 829. The lowest BCUT2D eigenvalue weighted by atomic mass is 9.93. The lowest BCUT2D eigenvalue weighted by Crippen LogP contribution is -2.39. The molecule has 0 spiro atoms. The summed E-state index contributed by atoms with van der Waals surface area (Å²) in [4.78, 5) is 16.9. The number of nitrogens with two attached hydrogens (primary N) is 1. The summed E-state index contributed by atoms with van der Waals surface area (Å²) >= 11 is 0. The first-order valence-corrected chi connectivity index (χ1v) is 8.49. The largest absolute Gasteiger partial charge is 0.433 e. The van der Waals surface area contributed by atoms with Crippen molar-refractivity contribution in [1.29, 1.82) is 0 Å². The number of rotatable bonds is 2. The maximum atomic E-state index is 13.3. The van der Waals surface area contributed by atoms with E-state index in [2.05, 4.69) is 10.1 Å². The number of hydrogen-bond donors (Lipinski definition) is 1. The van der Waals surface area contributed by atoms with Gasteiger partial charge in [-0.25, -0.2) is 4.98 Å². The molecule has 1 fully saturated rings. The first-order valence-electron chi connectivity index (χ1n) is 8.49. The predicted octanol–water partition coefficient (Wildman–Crippen LogP) is 2.75. The molecule has 1 saturated heterocycles. The van der Waals surface area contributed by atoms with Crippen LogP contribution < -0.4 is 10.6 Å². The number of anilines is 1. The number of aromatic nitrogens is 3. The Hall–Kier alpha value is -2.32. The van der Waals surface area contributed by atoms with Crippen LogP contribution in [0.4, 0.5) is 19.0 Å². The van der Waals surface area contributed by atoms with E-state index in [4.69, 9.17) is 5.73 Å². The molecular formula is C17H22F3N5O. The highest BCUT2D eigenvalue weighted by molar-refractivity contribution is 5.77. The summed E-state index contributed by atoms with van der Waals surface area (Å²) in [5.74, 6) is -0.274. The predicted molar refractivity (Wildman–Crippen MR) is 90.8 cm³/mol. The van der Waals surface area contributed by atoms with Gasteiger partial charge in [0.05, 0.1) is 5.69 Å². The van der Waals surface area contributed by atoms with Gasteiger partial charge in [-0.05, 0) is 12.8 Å². The summed E-state index contributed by atoms with van der Waals surface area (Å²) in [7, 11) is 0. The van der Waals surface area contributed by atoms with E-state index in [0.29, 0.717) is 37.4 Å². The van der Waals surface area contributed by atoms with Crippen molar-refractivity contribution in [3.05, 3.63) is 23.5 Å². The molecule has 0 unspecified atom stereocenters. The minimum atomic E-state index is -4.55. The Morgan fingerprint density at radius 1 is 1.15 bits per heavy atom. The van der Waals surface area contributed by atoms with Crippen molar-refractivity contribution in [1.82, 2.24) is 14.6 Å². The summed E-state index contributed by atoms with van der Waals surface area (Å²) < 4.78 is 41.4. The maximum absolute atomic E-state index is 13.3. The third-order valence-corrected chi connectivity index (χ3v) is 4.69. The molecule has 3 heterocycles. The third kappa shape index (κ3) is 3.47. The van der Waals surface area contributed by atoms with E-state index < -0.39 is 11.9 Å². The standard InChI is InChI=1S/C17H22F3N5O/c1-16(2,3)11-8-13-22-12(17(18,19)20)9-14(25(13)23-11)24-6-4-10(5-7-24)15(21)26/h8-10H,4-7H2,1-3H3,(H2,21,26). The van der Waals surface area contributed by atoms with Crippen LogP contribution in [0.2, 0.25) is 0 Å². The quantitative estimate of drug-likeness (QED) is 0.883. The number of alkyl halides is 3. The number of carbonyl (C=O) groups is 1. The molecule has 1 aliphatic heterocycles. The van der Waals surface area contributed by atoms with E-state index in [0.717, 1.165) is 6.07 Å². The SMILES string of the molecule is CC(C)(C)c1cc2nc(C(F)(F)F)cc(N3CCC(C(N)=O)CC3)n2n1. The van der Waals surface area contributed by atoms with Crippen molar-refractivity contribution in [3.63, 3.8) is 0 Å². The van der Waals surface area contributed by atoms with Crippen LogP contribution in [0.1, 0.15) is 45.0 Å². The highest BCUT2D eigenvalue weighted by Crippen LogP contribution is 2.33. The first-order chi connectivity index (χ1) is 12.0. The number of nitrogens with zero attached hydrogens (tertiary/aromatic N) is 4. The van der Waals surface area contributed by atoms with E-state index in [-0.39, 0.29) is 22.9 Å². The molecule has 0 radical (unpaired) electrons. The van der Waals surface area contributed by atoms with Gasteiger partial charge in [-0.15, -0.1) is 0 Å². The molecule has 26 heavy (non-hydrogen) atoms. The smallest absolute Gasteiger partial charge is 0.369 e. The van der Waals surface area contributed by atoms with E-state index in [1.165, 1.54) is 4.52 Å². The monoisotopic (exact) mass is 369 g/mol. The first kappa shape index (κ1) is 18.5. The van der Waals surface area contributed by atoms with Crippen LogP contribution >= 0.6 is 0 Å². The summed E-state index contributed by atoms with van der Waals surface area (Å²) in [6.07, 6.45) is -3.53. The normalized spacial score (nSPS) is 17.1. The fourth-order valence-electron chi connectivity index (χ4n) is 3.09. The van der Waals surface area contributed by atoms with Crippen LogP contribution in [0.15, 0.2) is 12.1 Å². The molecule has 0 saturated carbocycles. The Labute approximate surface area is 149 Å². The van der Waals surface area contributed by atoms with Crippen molar-refractivity contribution in [2.45, 2.75) is 45.2 Å². The number of amides is 1. The Kier molecular flexibility index (Phi) is 4.36. The van der Waals surface area contributed by atoms with Crippen LogP contribution in [0.3, 0.4) is 0 Å².